The topological polar surface area (TPSA) is 84.2 Å². The fourth-order valence-corrected chi connectivity index (χ4v) is 3.59. The molecule has 6 nitrogen and oxygen atoms in total. The van der Waals surface area contributed by atoms with Gasteiger partial charge < -0.3 is 9.47 Å². The van der Waals surface area contributed by atoms with Gasteiger partial charge in [0.1, 0.15) is 23.1 Å². The Morgan fingerprint density at radius 1 is 1.03 bits per heavy atom. The summed E-state index contributed by atoms with van der Waals surface area (Å²) in [5, 5.41) is 14.5. The lowest BCUT2D eigenvalue weighted by atomic mass is 10.1. The van der Waals surface area contributed by atoms with Crippen LogP contribution in [0.5, 0.6) is 11.5 Å². The summed E-state index contributed by atoms with van der Waals surface area (Å²) in [7, 11) is 0. The van der Waals surface area contributed by atoms with Crippen molar-refractivity contribution in [3.63, 3.8) is 0 Å². The average Bonchev–Trinajstić information content (AvgIpc) is 3.31. The molecule has 170 valence electrons. The molecular formula is C26H27N3O3S. The van der Waals surface area contributed by atoms with E-state index >= 15 is 0 Å². The molecule has 7 heteroatoms. The Hall–Kier alpha value is -3.63. The summed E-state index contributed by atoms with van der Waals surface area (Å²) in [6, 6.07) is 16.9. The molecule has 1 aromatic heterocycles. The van der Waals surface area contributed by atoms with E-state index in [2.05, 4.69) is 17.2 Å². The zero-order valence-corrected chi connectivity index (χ0v) is 19.7. The van der Waals surface area contributed by atoms with E-state index in [9.17, 15) is 10.1 Å². The van der Waals surface area contributed by atoms with E-state index in [1.165, 1.54) is 11.3 Å². The number of nitrogens with one attached hydrogen (secondary N) is 1. The van der Waals surface area contributed by atoms with Gasteiger partial charge in [0.05, 0.1) is 18.9 Å². The lowest BCUT2D eigenvalue weighted by molar-refractivity contribution is -0.112. The molecule has 0 aliphatic heterocycles. The molecule has 3 rings (SSSR count). The third-order valence-electron chi connectivity index (χ3n) is 4.67. The average molecular weight is 462 g/mol. The summed E-state index contributed by atoms with van der Waals surface area (Å²) in [5.41, 5.74) is 2.42. The van der Waals surface area contributed by atoms with E-state index in [0.29, 0.717) is 18.3 Å². The van der Waals surface area contributed by atoms with Gasteiger partial charge in [-0.2, -0.15) is 5.26 Å². The minimum Gasteiger partial charge on any atom is -0.494 e. The Bertz CT molecular complexity index is 1110. The van der Waals surface area contributed by atoms with Crippen molar-refractivity contribution < 1.29 is 14.3 Å². The van der Waals surface area contributed by atoms with Gasteiger partial charge in [-0.3, -0.25) is 10.1 Å². The quantitative estimate of drug-likeness (QED) is 0.205. The first-order valence-corrected chi connectivity index (χ1v) is 11.9. The molecule has 3 aromatic rings. The number of thiazole rings is 1. The van der Waals surface area contributed by atoms with Crippen LogP contribution in [0.15, 0.2) is 59.5 Å². The number of aromatic nitrogens is 1. The van der Waals surface area contributed by atoms with Crippen molar-refractivity contribution in [3.05, 3.63) is 65.0 Å². The van der Waals surface area contributed by atoms with Gasteiger partial charge in [-0.25, -0.2) is 4.98 Å². The highest BCUT2D eigenvalue weighted by molar-refractivity contribution is 7.14. The fourth-order valence-electron chi connectivity index (χ4n) is 2.88. The van der Waals surface area contributed by atoms with Gasteiger partial charge in [0.15, 0.2) is 5.13 Å². The number of hydrogen-bond acceptors (Lipinski definition) is 6. The molecule has 0 saturated carbocycles. The lowest BCUT2D eigenvalue weighted by Gasteiger charge is -2.05. The molecule has 0 spiro atoms. The minimum absolute atomic E-state index is 0.00237. The van der Waals surface area contributed by atoms with Crippen molar-refractivity contribution in [2.75, 3.05) is 18.5 Å². The van der Waals surface area contributed by atoms with Gasteiger partial charge in [0, 0.05) is 10.9 Å². The monoisotopic (exact) mass is 461 g/mol. The molecule has 1 amide bonds. The predicted octanol–water partition coefficient (Wildman–Crippen LogP) is 6.32. The molecule has 0 radical (unpaired) electrons. The van der Waals surface area contributed by atoms with Crippen LogP contribution in [-0.4, -0.2) is 24.1 Å². The number of amides is 1. The molecular weight excluding hydrogens is 434 g/mol. The summed E-state index contributed by atoms with van der Waals surface area (Å²) in [6.45, 7) is 5.52. The van der Waals surface area contributed by atoms with Crippen LogP contribution >= 0.6 is 11.3 Å². The van der Waals surface area contributed by atoms with Crippen molar-refractivity contribution in [2.24, 2.45) is 0 Å². The molecule has 0 aliphatic carbocycles. The Labute approximate surface area is 198 Å². The molecule has 1 heterocycles. The highest BCUT2D eigenvalue weighted by atomic mass is 32.1. The largest absolute Gasteiger partial charge is 0.494 e. The van der Waals surface area contributed by atoms with Crippen LogP contribution in [-0.2, 0) is 4.79 Å². The number of carbonyl (C=O) groups excluding carboxylic acids is 1. The second-order valence-corrected chi connectivity index (χ2v) is 8.16. The van der Waals surface area contributed by atoms with Crippen molar-refractivity contribution in [3.8, 4) is 28.8 Å². The SMILES string of the molecule is CCCCOc1ccc(-c2csc(NC(=O)/C(C#N)=C/c3ccc(OCCC)cc3)n2)cc1. The number of hydrogen-bond donors (Lipinski definition) is 1. The zero-order chi connectivity index (χ0) is 23.5. The van der Waals surface area contributed by atoms with Crippen LogP contribution in [0.4, 0.5) is 5.13 Å². The second kappa shape index (κ2) is 12.4. The van der Waals surface area contributed by atoms with E-state index in [1.54, 1.807) is 6.08 Å². The number of rotatable bonds is 11. The standard InChI is InChI=1S/C26H27N3O3S/c1-3-5-15-32-23-12-8-20(9-13-23)24-18-33-26(28-24)29-25(30)21(17-27)16-19-6-10-22(11-7-19)31-14-4-2/h6-13,16,18H,3-5,14-15H2,1-2H3,(H,28,29,30)/b21-16+. The highest BCUT2D eigenvalue weighted by Gasteiger charge is 2.13. The lowest BCUT2D eigenvalue weighted by Crippen LogP contribution is -2.13. The number of benzene rings is 2. The summed E-state index contributed by atoms with van der Waals surface area (Å²) in [6.07, 6.45) is 4.59. The first-order valence-electron chi connectivity index (χ1n) is 11.0. The second-order valence-electron chi connectivity index (χ2n) is 7.31. The molecule has 0 aliphatic rings. The third kappa shape index (κ3) is 7.19. The van der Waals surface area contributed by atoms with Crippen LogP contribution in [0.2, 0.25) is 0 Å². The van der Waals surface area contributed by atoms with E-state index in [0.717, 1.165) is 47.6 Å². The molecule has 0 fully saturated rings. The Morgan fingerprint density at radius 2 is 1.70 bits per heavy atom. The normalized spacial score (nSPS) is 11.0. The number of ether oxygens (including phenoxy) is 2. The number of nitrogens with zero attached hydrogens (tertiary/aromatic N) is 2. The van der Waals surface area contributed by atoms with Crippen LogP contribution in [0.25, 0.3) is 17.3 Å². The van der Waals surface area contributed by atoms with Gasteiger partial charge >= 0.3 is 0 Å². The van der Waals surface area contributed by atoms with E-state index in [-0.39, 0.29) is 5.57 Å². The van der Waals surface area contributed by atoms with Gasteiger partial charge in [0.25, 0.3) is 5.91 Å². The Morgan fingerprint density at radius 3 is 2.33 bits per heavy atom. The van der Waals surface area contributed by atoms with Crippen molar-refractivity contribution >= 4 is 28.5 Å². The molecule has 0 atom stereocenters. The van der Waals surface area contributed by atoms with Crippen molar-refractivity contribution in [1.29, 1.82) is 5.26 Å². The maximum atomic E-state index is 12.6. The third-order valence-corrected chi connectivity index (χ3v) is 5.43. The van der Waals surface area contributed by atoms with Gasteiger partial charge in [0.2, 0.25) is 0 Å². The van der Waals surface area contributed by atoms with Crippen LogP contribution in [0.3, 0.4) is 0 Å². The van der Waals surface area contributed by atoms with Gasteiger partial charge in [-0.15, -0.1) is 11.3 Å². The predicted molar refractivity (Wildman–Crippen MR) is 132 cm³/mol. The summed E-state index contributed by atoms with van der Waals surface area (Å²) < 4.78 is 11.2. The van der Waals surface area contributed by atoms with E-state index in [1.807, 2.05) is 66.9 Å². The van der Waals surface area contributed by atoms with Crippen LogP contribution in [0.1, 0.15) is 38.7 Å². The summed E-state index contributed by atoms with van der Waals surface area (Å²) in [5.74, 6) is 1.09. The number of nitriles is 1. The number of unbranched alkanes of at least 4 members (excludes halogenated alkanes) is 1. The minimum atomic E-state index is -0.496. The van der Waals surface area contributed by atoms with Gasteiger partial charge in [-0.1, -0.05) is 32.4 Å². The number of anilines is 1. The summed E-state index contributed by atoms with van der Waals surface area (Å²) in [4.78, 5) is 17.1. The smallest absolute Gasteiger partial charge is 0.268 e. The number of carbonyl (C=O) groups is 1. The van der Waals surface area contributed by atoms with E-state index in [4.69, 9.17) is 9.47 Å². The van der Waals surface area contributed by atoms with E-state index < -0.39 is 5.91 Å². The van der Waals surface area contributed by atoms with Crippen LogP contribution < -0.4 is 14.8 Å². The molecule has 33 heavy (non-hydrogen) atoms. The molecule has 0 unspecified atom stereocenters. The van der Waals surface area contributed by atoms with Crippen molar-refractivity contribution in [1.82, 2.24) is 4.98 Å². The molecule has 2 aromatic carbocycles. The Balaban J connectivity index is 1.63. The zero-order valence-electron chi connectivity index (χ0n) is 18.8. The summed E-state index contributed by atoms with van der Waals surface area (Å²) >= 11 is 1.31. The maximum absolute atomic E-state index is 12.6. The highest BCUT2D eigenvalue weighted by Crippen LogP contribution is 2.27. The van der Waals surface area contributed by atoms with Crippen molar-refractivity contribution in [2.45, 2.75) is 33.1 Å². The molecule has 0 saturated heterocycles. The van der Waals surface area contributed by atoms with Crippen LogP contribution in [0, 0.1) is 11.3 Å². The fraction of sp³-hybridized carbons (Fsp3) is 0.269. The molecule has 0 bridgehead atoms. The van der Waals surface area contributed by atoms with Gasteiger partial charge in [-0.05, 0) is 60.9 Å². The Kier molecular flexibility index (Phi) is 9.04. The maximum Gasteiger partial charge on any atom is 0.268 e. The first kappa shape index (κ1) is 24.0. The molecule has 1 N–H and O–H groups in total. The first-order chi connectivity index (χ1) is 16.1.